The van der Waals surface area contributed by atoms with Gasteiger partial charge in [-0.2, -0.15) is 0 Å². The molecule has 0 spiro atoms. The van der Waals surface area contributed by atoms with E-state index in [0.29, 0.717) is 6.42 Å². The first kappa shape index (κ1) is 12.7. The monoisotopic (exact) mass is 319 g/mol. The predicted molar refractivity (Wildman–Crippen MR) is 80.3 cm³/mol. The van der Waals surface area contributed by atoms with E-state index < -0.39 is 6.17 Å². The maximum Gasteiger partial charge on any atom is 0.131 e. The first-order valence-corrected chi connectivity index (χ1v) is 7.28. The molecular formula is C16H15BrFN. The topological polar surface area (TPSA) is 12.0 Å². The van der Waals surface area contributed by atoms with Crippen LogP contribution in [0.1, 0.15) is 22.9 Å². The molecule has 0 amide bonds. The fraction of sp³-hybridized carbons (Fsp3) is 0.250. The average Bonchev–Trinajstić information content (AvgIpc) is 2.89. The van der Waals surface area contributed by atoms with Crippen molar-refractivity contribution in [2.75, 3.05) is 11.9 Å². The fourth-order valence-electron chi connectivity index (χ4n) is 2.59. The molecule has 1 heterocycles. The minimum atomic E-state index is -0.973. The summed E-state index contributed by atoms with van der Waals surface area (Å²) in [5.74, 6) is 0. The van der Waals surface area contributed by atoms with Crippen LogP contribution in [0.25, 0.3) is 0 Å². The Bertz CT molecular complexity index is 597. The lowest BCUT2D eigenvalue weighted by atomic mass is 9.99. The highest BCUT2D eigenvalue weighted by atomic mass is 79.9. The van der Waals surface area contributed by atoms with Crippen molar-refractivity contribution in [3.05, 3.63) is 63.6 Å². The molecule has 98 valence electrons. The smallest absolute Gasteiger partial charge is 0.131 e. The van der Waals surface area contributed by atoms with Crippen molar-refractivity contribution >= 4 is 21.6 Å². The van der Waals surface area contributed by atoms with Crippen molar-refractivity contribution in [2.24, 2.45) is 0 Å². The van der Waals surface area contributed by atoms with Crippen LogP contribution in [0.3, 0.4) is 0 Å². The zero-order chi connectivity index (χ0) is 13.2. The lowest BCUT2D eigenvalue weighted by Crippen LogP contribution is -2.02. The van der Waals surface area contributed by atoms with Crippen molar-refractivity contribution in [2.45, 2.75) is 19.0 Å². The minimum absolute atomic E-state index is 0.402. The second-order valence-corrected chi connectivity index (χ2v) is 5.68. The Balaban J connectivity index is 1.87. The summed E-state index contributed by atoms with van der Waals surface area (Å²) < 4.78 is 15.6. The molecule has 0 radical (unpaired) electrons. The van der Waals surface area contributed by atoms with Gasteiger partial charge in [-0.05, 0) is 23.6 Å². The summed E-state index contributed by atoms with van der Waals surface area (Å²) in [6.45, 7) is 0.911. The quantitative estimate of drug-likeness (QED) is 0.866. The summed E-state index contributed by atoms with van der Waals surface area (Å²) in [5, 5.41) is 3.30. The third-order valence-electron chi connectivity index (χ3n) is 3.57. The number of benzene rings is 2. The molecule has 19 heavy (non-hydrogen) atoms. The Kier molecular flexibility index (Phi) is 3.56. The summed E-state index contributed by atoms with van der Waals surface area (Å²) >= 11 is 3.48. The van der Waals surface area contributed by atoms with E-state index in [4.69, 9.17) is 0 Å². The molecule has 1 nitrogen and oxygen atoms in total. The first-order valence-electron chi connectivity index (χ1n) is 6.49. The van der Waals surface area contributed by atoms with Gasteiger partial charge in [-0.25, -0.2) is 4.39 Å². The van der Waals surface area contributed by atoms with Gasteiger partial charge in [0.05, 0.1) is 0 Å². The van der Waals surface area contributed by atoms with Crippen LogP contribution in [0.4, 0.5) is 10.1 Å². The van der Waals surface area contributed by atoms with Crippen molar-refractivity contribution in [3.8, 4) is 0 Å². The molecule has 1 atom stereocenters. The zero-order valence-corrected chi connectivity index (χ0v) is 12.1. The molecule has 3 rings (SSSR count). The molecule has 0 saturated carbocycles. The average molecular weight is 320 g/mol. The largest absolute Gasteiger partial charge is 0.384 e. The number of fused-ring (bicyclic) bond motifs is 1. The van der Waals surface area contributed by atoms with Gasteiger partial charge in [-0.15, -0.1) is 0 Å². The molecule has 1 aliphatic heterocycles. The second-order valence-electron chi connectivity index (χ2n) is 4.82. The van der Waals surface area contributed by atoms with Crippen LogP contribution < -0.4 is 5.32 Å². The van der Waals surface area contributed by atoms with Gasteiger partial charge in [-0.3, -0.25) is 0 Å². The summed E-state index contributed by atoms with van der Waals surface area (Å²) in [6, 6.07) is 13.7. The molecule has 2 aromatic carbocycles. The van der Waals surface area contributed by atoms with Gasteiger partial charge in [0.25, 0.3) is 0 Å². The van der Waals surface area contributed by atoms with Gasteiger partial charge in [0.2, 0.25) is 0 Å². The predicted octanol–water partition coefficient (Wildman–Crippen LogP) is 4.67. The minimum Gasteiger partial charge on any atom is -0.384 e. The van der Waals surface area contributed by atoms with Crippen LogP contribution in [-0.4, -0.2) is 6.54 Å². The normalized spacial score (nSPS) is 14.8. The van der Waals surface area contributed by atoms with Gasteiger partial charge in [0, 0.05) is 28.7 Å². The third kappa shape index (κ3) is 2.52. The second kappa shape index (κ2) is 5.33. The van der Waals surface area contributed by atoms with Crippen LogP contribution in [0.5, 0.6) is 0 Å². The molecule has 1 aliphatic rings. The highest BCUT2D eigenvalue weighted by Crippen LogP contribution is 2.35. The van der Waals surface area contributed by atoms with E-state index in [2.05, 4.69) is 27.3 Å². The Morgan fingerprint density at radius 3 is 2.84 bits per heavy atom. The number of halogens is 2. The van der Waals surface area contributed by atoms with Crippen LogP contribution in [-0.2, 0) is 12.8 Å². The van der Waals surface area contributed by atoms with E-state index in [1.165, 1.54) is 5.56 Å². The third-order valence-corrected chi connectivity index (χ3v) is 4.35. The zero-order valence-electron chi connectivity index (χ0n) is 10.5. The van der Waals surface area contributed by atoms with Crippen LogP contribution >= 0.6 is 15.9 Å². The van der Waals surface area contributed by atoms with E-state index in [0.717, 1.165) is 34.3 Å². The van der Waals surface area contributed by atoms with E-state index in [-0.39, 0.29) is 0 Å². The van der Waals surface area contributed by atoms with Gasteiger partial charge in [0.15, 0.2) is 0 Å². The molecule has 1 unspecified atom stereocenters. The van der Waals surface area contributed by atoms with Gasteiger partial charge >= 0.3 is 0 Å². The Labute approximate surface area is 121 Å². The van der Waals surface area contributed by atoms with Crippen molar-refractivity contribution in [1.82, 2.24) is 0 Å². The Hall–Kier alpha value is -1.35. The Morgan fingerprint density at radius 2 is 2.00 bits per heavy atom. The van der Waals surface area contributed by atoms with Crippen molar-refractivity contribution < 1.29 is 4.39 Å². The maximum atomic E-state index is 14.6. The number of hydrogen-bond acceptors (Lipinski definition) is 1. The lowest BCUT2D eigenvalue weighted by Gasteiger charge is -2.14. The first-order chi connectivity index (χ1) is 9.25. The summed E-state index contributed by atoms with van der Waals surface area (Å²) in [6.07, 6.45) is 0.420. The van der Waals surface area contributed by atoms with E-state index in [9.17, 15) is 4.39 Å². The highest BCUT2D eigenvalue weighted by Gasteiger charge is 2.20. The molecule has 0 saturated heterocycles. The van der Waals surface area contributed by atoms with E-state index in [1.54, 1.807) is 0 Å². The SMILES string of the molecule is FC(Cc1ccccc1Br)c1cccc2c1NCC2. The number of alkyl halides is 1. The van der Waals surface area contributed by atoms with E-state index >= 15 is 0 Å². The maximum absolute atomic E-state index is 14.6. The molecule has 0 bridgehead atoms. The van der Waals surface area contributed by atoms with Crippen molar-refractivity contribution in [3.63, 3.8) is 0 Å². The van der Waals surface area contributed by atoms with Crippen LogP contribution in [0.2, 0.25) is 0 Å². The van der Waals surface area contributed by atoms with E-state index in [1.807, 2.05) is 36.4 Å². The molecule has 2 aromatic rings. The molecule has 1 N–H and O–H groups in total. The van der Waals surface area contributed by atoms with Gasteiger partial charge < -0.3 is 5.32 Å². The van der Waals surface area contributed by atoms with Crippen molar-refractivity contribution in [1.29, 1.82) is 0 Å². The number of hydrogen-bond donors (Lipinski definition) is 1. The van der Waals surface area contributed by atoms with Gasteiger partial charge in [-0.1, -0.05) is 52.3 Å². The van der Waals surface area contributed by atoms with Gasteiger partial charge in [0.1, 0.15) is 6.17 Å². The molecule has 3 heteroatoms. The summed E-state index contributed by atoms with van der Waals surface area (Å²) in [4.78, 5) is 0. The number of anilines is 1. The number of nitrogens with one attached hydrogen (secondary N) is 1. The molecule has 0 aliphatic carbocycles. The summed E-state index contributed by atoms with van der Waals surface area (Å²) in [7, 11) is 0. The Morgan fingerprint density at radius 1 is 1.16 bits per heavy atom. The molecular weight excluding hydrogens is 305 g/mol. The lowest BCUT2D eigenvalue weighted by molar-refractivity contribution is 0.343. The van der Waals surface area contributed by atoms with Crippen LogP contribution in [0.15, 0.2) is 46.9 Å². The van der Waals surface area contributed by atoms with Crippen LogP contribution in [0, 0.1) is 0 Å². The number of rotatable bonds is 3. The summed E-state index contributed by atoms with van der Waals surface area (Å²) in [5.41, 5.74) is 4.02. The highest BCUT2D eigenvalue weighted by molar-refractivity contribution is 9.10. The standard InChI is InChI=1S/C16H15BrFN/c17-14-7-2-1-4-12(14)10-15(18)13-6-3-5-11-8-9-19-16(11)13/h1-7,15,19H,8-10H2. The molecule has 0 fully saturated rings. The molecule has 0 aromatic heterocycles. The fourth-order valence-corrected chi connectivity index (χ4v) is 3.04. The number of para-hydroxylation sites is 1.